The number of allylic oxidation sites excluding steroid dienone is 1. The van der Waals surface area contributed by atoms with Gasteiger partial charge in [0, 0.05) is 48.6 Å². The second kappa shape index (κ2) is 10.6. The van der Waals surface area contributed by atoms with Gasteiger partial charge in [-0.2, -0.15) is 0 Å². The van der Waals surface area contributed by atoms with E-state index in [1.807, 2.05) is 11.8 Å². The molecule has 7 nitrogen and oxygen atoms in total. The Morgan fingerprint density at radius 3 is 2.94 bits per heavy atom. The molecule has 0 unspecified atom stereocenters. The van der Waals surface area contributed by atoms with E-state index in [1.54, 1.807) is 5.38 Å². The van der Waals surface area contributed by atoms with Crippen LogP contribution in [0.5, 0.6) is 5.75 Å². The van der Waals surface area contributed by atoms with E-state index in [1.165, 1.54) is 42.0 Å². The Labute approximate surface area is 187 Å². The lowest BCUT2D eigenvalue weighted by molar-refractivity contribution is -0.274. The zero-order valence-electron chi connectivity index (χ0n) is 17.4. The minimum atomic E-state index is -4.78. The lowest BCUT2D eigenvalue weighted by Crippen LogP contribution is -2.42. The van der Waals surface area contributed by atoms with Crippen LogP contribution in [-0.4, -0.2) is 54.0 Å². The Kier molecular flexibility index (Phi) is 7.86. The molecular weight excluding hydrogens is 443 g/mol. The number of rotatable bonds is 8. The van der Waals surface area contributed by atoms with E-state index in [0.717, 1.165) is 32.0 Å². The maximum Gasteiger partial charge on any atom is 0.573 e. The van der Waals surface area contributed by atoms with Gasteiger partial charge in [-0.1, -0.05) is 13.0 Å². The number of nitrogens with one attached hydrogen (secondary N) is 1. The standard InChI is InChI=1S/C21H24F3N5O2S/c1-2-8-29(16-6-7-26-12-16)20(30)18-13-32-19(28-18)14(10-25)11-27-15-4-3-5-17(9-15)31-21(22,23)24/h3-5,9-11,13,16,26H,2,6-8,12,25H2,1H3/b14-10+,27-11?/t16-/m0/s1. The summed E-state index contributed by atoms with van der Waals surface area (Å²) in [4.78, 5) is 23.5. The van der Waals surface area contributed by atoms with Crippen molar-refractivity contribution in [3.05, 3.63) is 46.5 Å². The van der Waals surface area contributed by atoms with Gasteiger partial charge in [0.1, 0.15) is 16.5 Å². The van der Waals surface area contributed by atoms with Crippen molar-refractivity contribution in [2.75, 3.05) is 19.6 Å². The summed E-state index contributed by atoms with van der Waals surface area (Å²) in [5.41, 5.74) is 6.74. The largest absolute Gasteiger partial charge is 0.573 e. The first-order valence-electron chi connectivity index (χ1n) is 10.1. The average molecular weight is 468 g/mol. The first-order chi connectivity index (χ1) is 15.3. The van der Waals surface area contributed by atoms with Crippen LogP contribution >= 0.6 is 11.3 Å². The van der Waals surface area contributed by atoms with Crippen molar-refractivity contribution in [3.8, 4) is 5.75 Å². The molecule has 1 aromatic heterocycles. The zero-order valence-corrected chi connectivity index (χ0v) is 18.2. The predicted octanol–water partition coefficient (Wildman–Crippen LogP) is 3.96. The molecule has 3 rings (SSSR count). The van der Waals surface area contributed by atoms with Gasteiger partial charge in [0.25, 0.3) is 5.91 Å². The summed E-state index contributed by atoms with van der Waals surface area (Å²) in [7, 11) is 0. The van der Waals surface area contributed by atoms with Crippen molar-refractivity contribution < 1.29 is 22.7 Å². The number of carbonyl (C=O) groups is 1. The number of carbonyl (C=O) groups excluding carboxylic acids is 1. The van der Waals surface area contributed by atoms with Crippen LogP contribution < -0.4 is 15.8 Å². The number of benzene rings is 1. The molecule has 1 saturated heterocycles. The van der Waals surface area contributed by atoms with E-state index in [2.05, 4.69) is 20.0 Å². The van der Waals surface area contributed by atoms with Gasteiger partial charge in [-0.25, -0.2) is 4.98 Å². The highest BCUT2D eigenvalue weighted by molar-refractivity contribution is 7.11. The van der Waals surface area contributed by atoms with Gasteiger partial charge in [-0.05, 0) is 31.5 Å². The van der Waals surface area contributed by atoms with Crippen LogP contribution in [-0.2, 0) is 0 Å². The fourth-order valence-corrected chi connectivity index (χ4v) is 4.11. The Balaban J connectivity index is 1.74. The maximum atomic E-state index is 13.0. The van der Waals surface area contributed by atoms with Crippen LogP contribution in [0.15, 0.2) is 40.8 Å². The molecule has 1 aliphatic heterocycles. The van der Waals surface area contributed by atoms with Crippen LogP contribution in [0.1, 0.15) is 35.3 Å². The van der Waals surface area contributed by atoms with E-state index in [9.17, 15) is 18.0 Å². The number of aliphatic imine (C=N–C) groups is 1. The number of aromatic nitrogens is 1. The zero-order chi connectivity index (χ0) is 23.1. The Bertz CT molecular complexity index is 984. The molecule has 0 aliphatic carbocycles. The molecule has 0 spiro atoms. The summed E-state index contributed by atoms with van der Waals surface area (Å²) in [5.74, 6) is -0.502. The van der Waals surface area contributed by atoms with E-state index in [0.29, 0.717) is 22.8 Å². The molecule has 0 radical (unpaired) electrons. The molecule has 2 heterocycles. The first kappa shape index (κ1) is 23.7. The number of hydrogen-bond donors (Lipinski definition) is 2. The summed E-state index contributed by atoms with van der Waals surface area (Å²) >= 11 is 1.25. The van der Waals surface area contributed by atoms with Gasteiger partial charge in [0.2, 0.25) is 0 Å². The molecule has 0 bridgehead atoms. The van der Waals surface area contributed by atoms with Crippen molar-refractivity contribution in [1.29, 1.82) is 0 Å². The fraction of sp³-hybridized carbons (Fsp3) is 0.381. The van der Waals surface area contributed by atoms with Crippen LogP contribution in [0.25, 0.3) is 5.57 Å². The van der Waals surface area contributed by atoms with Gasteiger partial charge >= 0.3 is 6.36 Å². The number of ether oxygens (including phenoxy) is 1. The van der Waals surface area contributed by atoms with Gasteiger partial charge in [0.05, 0.1) is 5.69 Å². The molecule has 172 valence electrons. The van der Waals surface area contributed by atoms with Crippen LogP contribution in [0, 0.1) is 0 Å². The van der Waals surface area contributed by atoms with Crippen molar-refractivity contribution >= 4 is 34.7 Å². The number of hydrogen-bond acceptors (Lipinski definition) is 7. The van der Waals surface area contributed by atoms with E-state index in [-0.39, 0.29) is 23.4 Å². The molecule has 11 heteroatoms. The first-order valence-corrected chi connectivity index (χ1v) is 11.0. The second-order valence-corrected chi connectivity index (χ2v) is 7.97. The highest BCUT2D eigenvalue weighted by atomic mass is 32.1. The third kappa shape index (κ3) is 6.30. The van der Waals surface area contributed by atoms with Crippen molar-refractivity contribution in [2.45, 2.75) is 32.2 Å². The number of alkyl halides is 3. The molecular formula is C21H24F3N5O2S. The summed E-state index contributed by atoms with van der Waals surface area (Å²) in [6, 6.07) is 5.42. The fourth-order valence-electron chi connectivity index (χ4n) is 3.32. The van der Waals surface area contributed by atoms with Gasteiger partial charge < -0.3 is 20.7 Å². The lowest BCUT2D eigenvalue weighted by Gasteiger charge is -2.27. The number of nitrogens with zero attached hydrogens (tertiary/aromatic N) is 3. The summed E-state index contributed by atoms with van der Waals surface area (Å²) in [6.45, 7) is 4.32. The van der Waals surface area contributed by atoms with Crippen molar-refractivity contribution in [3.63, 3.8) is 0 Å². The summed E-state index contributed by atoms with van der Waals surface area (Å²) < 4.78 is 41.1. The molecule has 1 amide bonds. The van der Waals surface area contributed by atoms with Crippen molar-refractivity contribution in [1.82, 2.24) is 15.2 Å². The molecule has 0 saturated carbocycles. The molecule has 32 heavy (non-hydrogen) atoms. The van der Waals surface area contributed by atoms with Gasteiger partial charge in [-0.3, -0.25) is 9.79 Å². The van der Waals surface area contributed by atoms with Crippen LogP contribution in [0.3, 0.4) is 0 Å². The maximum absolute atomic E-state index is 13.0. The van der Waals surface area contributed by atoms with E-state index in [4.69, 9.17) is 5.73 Å². The topological polar surface area (TPSA) is 92.8 Å². The van der Waals surface area contributed by atoms with Gasteiger partial charge in [-0.15, -0.1) is 24.5 Å². The number of amides is 1. The Hall–Kier alpha value is -2.92. The minimum Gasteiger partial charge on any atom is -0.406 e. The molecule has 1 atom stereocenters. The quantitative estimate of drug-likeness (QED) is 0.574. The average Bonchev–Trinajstić information content (AvgIpc) is 3.44. The van der Waals surface area contributed by atoms with Crippen molar-refractivity contribution in [2.24, 2.45) is 10.7 Å². The van der Waals surface area contributed by atoms with Gasteiger partial charge in [0.15, 0.2) is 0 Å². The third-order valence-electron chi connectivity index (χ3n) is 4.75. The molecule has 1 aliphatic rings. The highest BCUT2D eigenvalue weighted by Gasteiger charge is 2.31. The molecule has 3 N–H and O–H groups in total. The molecule has 2 aromatic rings. The normalized spacial score (nSPS) is 17.1. The highest BCUT2D eigenvalue weighted by Crippen LogP contribution is 2.27. The SMILES string of the molecule is CCCN(C(=O)c1csc(/C(C=Nc2cccc(OC(F)(F)F)c2)=C/N)n1)[C@H]1CCNC1. The molecule has 1 aromatic carbocycles. The van der Waals surface area contributed by atoms with E-state index >= 15 is 0 Å². The monoisotopic (exact) mass is 467 g/mol. The Morgan fingerprint density at radius 1 is 1.47 bits per heavy atom. The lowest BCUT2D eigenvalue weighted by atomic mass is 10.2. The third-order valence-corrected chi connectivity index (χ3v) is 5.65. The van der Waals surface area contributed by atoms with Crippen LogP contribution in [0.2, 0.25) is 0 Å². The van der Waals surface area contributed by atoms with Crippen LogP contribution in [0.4, 0.5) is 18.9 Å². The Morgan fingerprint density at radius 2 is 2.28 bits per heavy atom. The number of nitrogens with two attached hydrogens (primary N) is 1. The predicted molar refractivity (Wildman–Crippen MR) is 118 cm³/mol. The number of halogens is 3. The number of thiazole rings is 1. The summed E-state index contributed by atoms with van der Waals surface area (Å²) in [5, 5.41) is 5.44. The second-order valence-electron chi connectivity index (χ2n) is 7.11. The minimum absolute atomic E-state index is 0.131. The summed E-state index contributed by atoms with van der Waals surface area (Å²) in [6.07, 6.45) is -0.353. The smallest absolute Gasteiger partial charge is 0.406 e. The van der Waals surface area contributed by atoms with E-state index < -0.39 is 6.36 Å². The molecule has 1 fully saturated rings.